The van der Waals surface area contributed by atoms with E-state index in [4.69, 9.17) is 4.74 Å². The average molecular weight is 177 g/mol. The molecule has 0 amide bonds. The molecule has 1 fully saturated rings. The molecular formula is C7H13ClN2O. The van der Waals surface area contributed by atoms with Gasteiger partial charge in [-0.3, -0.25) is 4.99 Å². The molecule has 0 saturated carbocycles. The second-order valence-corrected chi connectivity index (χ2v) is 2.72. The SMILES string of the molecule is C1CN[C@H](C2=NCCO2)C1.Cl. The first-order valence-corrected chi connectivity index (χ1v) is 3.87. The van der Waals surface area contributed by atoms with Gasteiger partial charge in [0, 0.05) is 0 Å². The minimum atomic E-state index is 0. The van der Waals surface area contributed by atoms with E-state index in [-0.39, 0.29) is 12.4 Å². The lowest BCUT2D eigenvalue weighted by Crippen LogP contribution is -2.30. The van der Waals surface area contributed by atoms with Gasteiger partial charge in [0.1, 0.15) is 6.61 Å². The van der Waals surface area contributed by atoms with Crippen molar-refractivity contribution in [3.05, 3.63) is 0 Å². The summed E-state index contributed by atoms with van der Waals surface area (Å²) in [7, 11) is 0. The van der Waals surface area contributed by atoms with Gasteiger partial charge in [0.15, 0.2) is 0 Å². The van der Waals surface area contributed by atoms with Crippen LogP contribution >= 0.6 is 12.4 Å². The maximum atomic E-state index is 5.32. The van der Waals surface area contributed by atoms with Crippen LogP contribution in [-0.2, 0) is 4.74 Å². The van der Waals surface area contributed by atoms with Gasteiger partial charge in [-0.25, -0.2) is 0 Å². The molecule has 2 heterocycles. The third-order valence-electron chi connectivity index (χ3n) is 1.97. The van der Waals surface area contributed by atoms with Gasteiger partial charge in [0.05, 0.1) is 12.6 Å². The monoisotopic (exact) mass is 176 g/mol. The van der Waals surface area contributed by atoms with Gasteiger partial charge in [-0.05, 0) is 19.4 Å². The summed E-state index contributed by atoms with van der Waals surface area (Å²) >= 11 is 0. The standard InChI is InChI=1S/C7H12N2O.ClH/c1-2-6(8-3-1)7-9-4-5-10-7;/h6,8H,1-5H2;1H/t6-;/m0./s1. The molecule has 0 aromatic rings. The highest BCUT2D eigenvalue weighted by atomic mass is 35.5. The lowest BCUT2D eigenvalue weighted by molar-refractivity contribution is 0.329. The summed E-state index contributed by atoms with van der Waals surface area (Å²) in [6, 6.07) is 0.433. The molecule has 0 aromatic heterocycles. The molecule has 0 radical (unpaired) electrons. The summed E-state index contributed by atoms with van der Waals surface area (Å²) < 4.78 is 5.32. The van der Waals surface area contributed by atoms with Crippen LogP contribution in [0.1, 0.15) is 12.8 Å². The van der Waals surface area contributed by atoms with E-state index in [1.165, 1.54) is 12.8 Å². The Morgan fingerprint density at radius 3 is 3.00 bits per heavy atom. The fraction of sp³-hybridized carbons (Fsp3) is 0.857. The largest absolute Gasteiger partial charge is 0.478 e. The van der Waals surface area contributed by atoms with Crippen molar-refractivity contribution < 1.29 is 4.74 Å². The van der Waals surface area contributed by atoms with Crippen LogP contribution in [0.25, 0.3) is 0 Å². The molecule has 1 N–H and O–H groups in total. The van der Waals surface area contributed by atoms with Gasteiger partial charge in [-0.1, -0.05) is 0 Å². The number of nitrogens with zero attached hydrogens (tertiary/aromatic N) is 1. The Bertz CT molecular complexity index is 155. The number of aliphatic imine (C=N–C) groups is 1. The predicted octanol–water partition coefficient (Wildman–Crippen LogP) is 0.589. The van der Waals surface area contributed by atoms with Gasteiger partial charge < -0.3 is 10.1 Å². The summed E-state index contributed by atoms with van der Waals surface area (Å²) in [6.45, 7) is 2.76. The fourth-order valence-corrected chi connectivity index (χ4v) is 1.46. The molecule has 3 nitrogen and oxygen atoms in total. The number of hydrogen-bond acceptors (Lipinski definition) is 3. The Labute approximate surface area is 72.6 Å². The summed E-state index contributed by atoms with van der Waals surface area (Å²) in [5.41, 5.74) is 0. The highest BCUT2D eigenvalue weighted by Crippen LogP contribution is 2.10. The van der Waals surface area contributed by atoms with Crippen molar-refractivity contribution in [2.75, 3.05) is 19.7 Å². The molecule has 1 atom stereocenters. The van der Waals surface area contributed by atoms with E-state index in [9.17, 15) is 0 Å². The van der Waals surface area contributed by atoms with Gasteiger partial charge in [0.2, 0.25) is 5.90 Å². The van der Waals surface area contributed by atoms with E-state index in [1.807, 2.05) is 0 Å². The fourth-order valence-electron chi connectivity index (χ4n) is 1.46. The molecule has 2 aliphatic heterocycles. The maximum Gasteiger partial charge on any atom is 0.201 e. The van der Waals surface area contributed by atoms with Gasteiger partial charge in [0.25, 0.3) is 0 Å². The number of hydrogen-bond donors (Lipinski definition) is 1. The van der Waals surface area contributed by atoms with Crippen molar-refractivity contribution in [2.24, 2.45) is 4.99 Å². The van der Waals surface area contributed by atoms with Crippen molar-refractivity contribution in [3.8, 4) is 0 Å². The first-order valence-electron chi connectivity index (χ1n) is 3.87. The number of nitrogens with one attached hydrogen (secondary N) is 1. The molecule has 1 saturated heterocycles. The number of ether oxygens (including phenoxy) is 1. The third kappa shape index (κ3) is 1.84. The zero-order valence-electron chi connectivity index (χ0n) is 6.38. The van der Waals surface area contributed by atoms with Crippen molar-refractivity contribution in [1.82, 2.24) is 5.32 Å². The molecule has 2 aliphatic rings. The Kier molecular flexibility index (Phi) is 3.15. The predicted molar refractivity (Wildman–Crippen MR) is 46.5 cm³/mol. The average Bonchev–Trinajstić information content (AvgIpc) is 2.59. The minimum absolute atomic E-state index is 0. The second kappa shape index (κ2) is 3.93. The molecule has 0 aromatic carbocycles. The molecular weight excluding hydrogens is 164 g/mol. The van der Waals surface area contributed by atoms with E-state index in [2.05, 4.69) is 10.3 Å². The normalized spacial score (nSPS) is 29.1. The van der Waals surface area contributed by atoms with Crippen LogP contribution < -0.4 is 5.32 Å². The first-order chi connectivity index (χ1) is 4.97. The van der Waals surface area contributed by atoms with Gasteiger partial charge in [-0.2, -0.15) is 0 Å². The highest BCUT2D eigenvalue weighted by Gasteiger charge is 2.23. The van der Waals surface area contributed by atoms with Crippen LogP contribution in [0.4, 0.5) is 0 Å². The lowest BCUT2D eigenvalue weighted by atomic mass is 10.2. The van der Waals surface area contributed by atoms with Crippen LogP contribution in [0.2, 0.25) is 0 Å². The Hall–Kier alpha value is -0.280. The van der Waals surface area contributed by atoms with Crippen molar-refractivity contribution in [3.63, 3.8) is 0 Å². The Balaban J connectivity index is 0.000000605. The molecule has 64 valence electrons. The number of halogens is 1. The quantitative estimate of drug-likeness (QED) is 0.635. The smallest absolute Gasteiger partial charge is 0.201 e. The van der Waals surface area contributed by atoms with E-state index < -0.39 is 0 Å². The second-order valence-electron chi connectivity index (χ2n) is 2.72. The molecule has 2 rings (SSSR count). The highest BCUT2D eigenvalue weighted by molar-refractivity contribution is 5.85. The zero-order chi connectivity index (χ0) is 6.81. The van der Waals surface area contributed by atoms with Crippen LogP contribution in [0.3, 0.4) is 0 Å². The van der Waals surface area contributed by atoms with Crippen molar-refractivity contribution in [2.45, 2.75) is 18.9 Å². The number of rotatable bonds is 1. The van der Waals surface area contributed by atoms with E-state index in [1.54, 1.807) is 0 Å². The zero-order valence-corrected chi connectivity index (χ0v) is 7.19. The Morgan fingerprint density at radius 1 is 1.55 bits per heavy atom. The summed E-state index contributed by atoms with van der Waals surface area (Å²) in [6.07, 6.45) is 2.45. The van der Waals surface area contributed by atoms with Crippen molar-refractivity contribution in [1.29, 1.82) is 0 Å². The first kappa shape index (κ1) is 8.81. The molecule has 4 heteroatoms. The molecule has 0 aliphatic carbocycles. The van der Waals surface area contributed by atoms with Crippen LogP contribution in [0.15, 0.2) is 4.99 Å². The van der Waals surface area contributed by atoms with E-state index in [0.29, 0.717) is 6.04 Å². The van der Waals surface area contributed by atoms with Crippen LogP contribution in [0.5, 0.6) is 0 Å². The molecule has 0 bridgehead atoms. The summed E-state index contributed by atoms with van der Waals surface area (Å²) in [4.78, 5) is 4.25. The molecule has 0 unspecified atom stereocenters. The van der Waals surface area contributed by atoms with E-state index >= 15 is 0 Å². The van der Waals surface area contributed by atoms with E-state index in [0.717, 1.165) is 25.6 Å². The Morgan fingerprint density at radius 2 is 2.45 bits per heavy atom. The van der Waals surface area contributed by atoms with Crippen molar-refractivity contribution >= 4 is 18.3 Å². The summed E-state index contributed by atoms with van der Waals surface area (Å²) in [5.74, 6) is 0.942. The van der Waals surface area contributed by atoms with Crippen LogP contribution in [0, 0.1) is 0 Å². The molecule has 0 spiro atoms. The third-order valence-corrected chi connectivity index (χ3v) is 1.97. The maximum absolute atomic E-state index is 5.32. The summed E-state index contributed by atoms with van der Waals surface area (Å²) in [5, 5.41) is 3.34. The van der Waals surface area contributed by atoms with Gasteiger partial charge in [-0.15, -0.1) is 12.4 Å². The lowest BCUT2D eigenvalue weighted by Gasteiger charge is -2.08. The minimum Gasteiger partial charge on any atom is -0.478 e. The van der Waals surface area contributed by atoms with Crippen LogP contribution in [-0.4, -0.2) is 31.6 Å². The van der Waals surface area contributed by atoms with Gasteiger partial charge >= 0.3 is 0 Å². The molecule has 11 heavy (non-hydrogen) atoms. The topological polar surface area (TPSA) is 33.6 Å².